The highest BCUT2D eigenvalue weighted by Gasteiger charge is 2.38. The van der Waals surface area contributed by atoms with Gasteiger partial charge in [-0.2, -0.15) is 4.31 Å². The lowest BCUT2D eigenvalue weighted by Crippen LogP contribution is -2.38. The van der Waals surface area contributed by atoms with E-state index in [9.17, 15) is 8.42 Å². The van der Waals surface area contributed by atoms with Gasteiger partial charge in [-0.15, -0.1) is 11.6 Å². The summed E-state index contributed by atoms with van der Waals surface area (Å²) in [5, 5.41) is 0.516. The van der Waals surface area contributed by atoms with Crippen molar-refractivity contribution in [2.45, 2.75) is 43.5 Å². The molecule has 0 aromatic heterocycles. The van der Waals surface area contributed by atoms with Crippen molar-refractivity contribution in [2.75, 3.05) is 6.54 Å². The summed E-state index contributed by atoms with van der Waals surface area (Å²) in [5.74, 6) is 0.343. The third-order valence-electron chi connectivity index (χ3n) is 3.89. The number of nitrogens with zero attached hydrogens (tertiary/aromatic N) is 1. The Balaban J connectivity index is 2.50. The van der Waals surface area contributed by atoms with Crippen molar-refractivity contribution >= 4 is 44.8 Å². The molecule has 0 saturated carbocycles. The number of alkyl halides is 1. The SMILES string of the molecule is CC(C)C1CCCN1S(=O)(=O)c1ccc(Cl)c(CCl)c1Cl. The van der Waals surface area contributed by atoms with Crippen molar-refractivity contribution in [1.29, 1.82) is 0 Å². The molecule has 0 spiro atoms. The average molecular weight is 371 g/mol. The fourth-order valence-electron chi connectivity index (χ4n) is 2.75. The van der Waals surface area contributed by atoms with Gasteiger partial charge < -0.3 is 0 Å². The molecule has 2 rings (SSSR count). The Labute approximate surface area is 141 Å². The predicted molar refractivity (Wildman–Crippen MR) is 87.8 cm³/mol. The van der Waals surface area contributed by atoms with Crippen molar-refractivity contribution in [3.63, 3.8) is 0 Å². The first-order valence-electron chi connectivity index (χ1n) is 6.85. The highest BCUT2D eigenvalue weighted by molar-refractivity contribution is 7.89. The van der Waals surface area contributed by atoms with Crippen LogP contribution in [0, 0.1) is 5.92 Å². The quantitative estimate of drug-likeness (QED) is 0.730. The Kier molecular flexibility index (Phi) is 5.48. The van der Waals surface area contributed by atoms with Crippen molar-refractivity contribution in [2.24, 2.45) is 5.92 Å². The summed E-state index contributed by atoms with van der Waals surface area (Å²) in [6, 6.07) is 3.02. The van der Waals surface area contributed by atoms with Gasteiger partial charge in [0.25, 0.3) is 0 Å². The zero-order valence-electron chi connectivity index (χ0n) is 11.9. The van der Waals surface area contributed by atoms with Crippen molar-refractivity contribution < 1.29 is 8.42 Å². The van der Waals surface area contributed by atoms with Crippen molar-refractivity contribution in [3.8, 4) is 0 Å². The minimum absolute atomic E-state index is 0.0150. The molecule has 1 heterocycles. The molecule has 1 atom stereocenters. The number of hydrogen-bond donors (Lipinski definition) is 0. The van der Waals surface area contributed by atoms with E-state index in [0.29, 0.717) is 17.1 Å². The highest BCUT2D eigenvalue weighted by atomic mass is 35.5. The smallest absolute Gasteiger partial charge is 0.207 e. The maximum atomic E-state index is 12.9. The van der Waals surface area contributed by atoms with Gasteiger partial charge in [0.15, 0.2) is 0 Å². The zero-order valence-corrected chi connectivity index (χ0v) is 15.0. The van der Waals surface area contributed by atoms with E-state index in [0.717, 1.165) is 12.8 Å². The fraction of sp³-hybridized carbons (Fsp3) is 0.571. The average Bonchev–Trinajstić information content (AvgIpc) is 2.89. The van der Waals surface area contributed by atoms with E-state index in [1.165, 1.54) is 6.07 Å². The summed E-state index contributed by atoms with van der Waals surface area (Å²) in [4.78, 5) is 0.0942. The van der Waals surface area contributed by atoms with Crippen LogP contribution in [0.4, 0.5) is 0 Å². The number of rotatable bonds is 4. The molecule has 1 aromatic carbocycles. The maximum absolute atomic E-state index is 12.9. The monoisotopic (exact) mass is 369 g/mol. The van der Waals surface area contributed by atoms with E-state index in [2.05, 4.69) is 0 Å². The molecule has 118 valence electrons. The van der Waals surface area contributed by atoms with Crippen LogP contribution in [0.1, 0.15) is 32.3 Å². The van der Waals surface area contributed by atoms with E-state index in [1.54, 1.807) is 10.4 Å². The van der Waals surface area contributed by atoms with Gasteiger partial charge in [0.1, 0.15) is 4.90 Å². The summed E-state index contributed by atoms with van der Waals surface area (Å²) in [5.41, 5.74) is 0.460. The van der Waals surface area contributed by atoms with E-state index in [-0.39, 0.29) is 27.8 Å². The first-order valence-corrected chi connectivity index (χ1v) is 9.58. The molecule has 0 N–H and O–H groups in total. The van der Waals surface area contributed by atoms with Gasteiger partial charge in [-0.05, 0) is 30.9 Å². The molecule has 7 heteroatoms. The first kappa shape index (κ1) is 17.4. The minimum Gasteiger partial charge on any atom is -0.207 e. The lowest BCUT2D eigenvalue weighted by molar-refractivity contribution is 0.316. The molecule has 0 aliphatic carbocycles. The summed E-state index contributed by atoms with van der Waals surface area (Å²) in [6.45, 7) is 4.60. The highest BCUT2D eigenvalue weighted by Crippen LogP contribution is 2.37. The first-order chi connectivity index (χ1) is 9.80. The van der Waals surface area contributed by atoms with Crippen LogP contribution in [0.3, 0.4) is 0 Å². The molecule has 1 saturated heterocycles. The Morgan fingerprint density at radius 1 is 1.33 bits per heavy atom. The number of hydrogen-bond acceptors (Lipinski definition) is 2. The van der Waals surface area contributed by atoms with Crippen LogP contribution in [-0.4, -0.2) is 25.3 Å². The molecule has 1 fully saturated rings. The van der Waals surface area contributed by atoms with Crippen LogP contribution < -0.4 is 0 Å². The molecule has 0 radical (unpaired) electrons. The molecule has 1 unspecified atom stereocenters. The number of benzene rings is 1. The molecule has 1 aliphatic rings. The molecule has 1 aromatic rings. The van der Waals surface area contributed by atoms with Crippen LogP contribution in [0.2, 0.25) is 10.0 Å². The molecule has 1 aliphatic heterocycles. The number of halogens is 3. The largest absolute Gasteiger partial charge is 0.244 e. The zero-order chi connectivity index (χ0) is 15.8. The topological polar surface area (TPSA) is 37.4 Å². The van der Waals surface area contributed by atoms with Crippen LogP contribution in [0.15, 0.2) is 17.0 Å². The Hall–Kier alpha value is -0.000000000000000167. The molecule has 0 amide bonds. The van der Waals surface area contributed by atoms with Crippen molar-refractivity contribution in [1.82, 2.24) is 4.31 Å². The second-order valence-electron chi connectivity index (χ2n) is 5.54. The Morgan fingerprint density at radius 3 is 2.57 bits per heavy atom. The Morgan fingerprint density at radius 2 is 2.00 bits per heavy atom. The lowest BCUT2D eigenvalue weighted by Gasteiger charge is -2.27. The van der Waals surface area contributed by atoms with Gasteiger partial charge in [-0.1, -0.05) is 37.0 Å². The van der Waals surface area contributed by atoms with Gasteiger partial charge in [0.2, 0.25) is 10.0 Å². The Bertz CT molecular complexity index is 631. The third kappa shape index (κ3) is 3.20. The van der Waals surface area contributed by atoms with Gasteiger partial charge in [0.05, 0.1) is 10.9 Å². The molecule has 3 nitrogen and oxygen atoms in total. The predicted octanol–water partition coefficient (Wildman–Crippen LogP) is 4.54. The van der Waals surface area contributed by atoms with E-state index in [1.807, 2.05) is 13.8 Å². The van der Waals surface area contributed by atoms with Gasteiger partial charge in [0, 0.05) is 23.2 Å². The fourth-order valence-corrected chi connectivity index (χ4v) is 5.88. The van der Waals surface area contributed by atoms with Crippen LogP contribution in [0.5, 0.6) is 0 Å². The third-order valence-corrected chi connectivity index (χ3v) is 7.02. The summed E-state index contributed by atoms with van der Waals surface area (Å²) < 4.78 is 27.4. The second kappa shape index (κ2) is 6.63. The van der Waals surface area contributed by atoms with Gasteiger partial charge in [-0.3, -0.25) is 0 Å². The van der Waals surface area contributed by atoms with Crippen molar-refractivity contribution in [3.05, 3.63) is 27.7 Å². The van der Waals surface area contributed by atoms with E-state index < -0.39 is 10.0 Å². The van der Waals surface area contributed by atoms with E-state index >= 15 is 0 Å². The maximum Gasteiger partial charge on any atom is 0.244 e. The molecular formula is C14H18Cl3NO2S. The minimum atomic E-state index is -3.63. The molecule has 0 bridgehead atoms. The summed E-state index contributed by atoms with van der Waals surface area (Å²) in [7, 11) is -3.63. The van der Waals surface area contributed by atoms with Crippen LogP contribution >= 0.6 is 34.8 Å². The van der Waals surface area contributed by atoms with Crippen LogP contribution in [0.25, 0.3) is 0 Å². The number of sulfonamides is 1. The van der Waals surface area contributed by atoms with Gasteiger partial charge in [-0.25, -0.2) is 8.42 Å². The second-order valence-corrected chi connectivity index (χ2v) is 8.45. The standard InChI is InChI=1S/C14H18Cl3NO2S/c1-9(2)12-4-3-7-18(12)21(19,20)13-6-5-11(16)10(8-15)14(13)17/h5-6,9,12H,3-4,7-8H2,1-2H3. The molecular weight excluding hydrogens is 353 g/mol. The van der Waals surface area contributed by atoms with Gasteiger partial charge >= 0.3 is 0 Å². The molecule has 21 heavy (non-hydrogen) atoms. The summed E-state index contributed by atoms with van der Waals surface area (Å²) >= 11 is 18.1. The van der Waals surface area contributed by atoms with Crippen LogP contribution in [-0.2, 0) is 15.9 Å². The summed E-state index contributed by atoms with van der Waals surface area (Å²) in [6.07, 6.45) is 1.75. The van der Waals surface area contributed by atoms with E-state index in [4.69, 9.17) is 34.8 Å². The lowest BCUT2D eigenvalue weighted by atomic mass is 10.0. The normalized spacial score (nSPS) is 20.4.